The van der Waals surface area contributed by atoms with Crippen LogP contribution in [0.1, 0.15) is 6.92 Å². The first kappa shape index (κ1) is 15.2. The number of nitrogens with two attached hydrogens (primary N) is 1. The average molecular weight is 299 g/mol. The molecule has 0 spiro atoms. The predicted molar refractivity (Wildman–Crippen MR) is 71.1 cm³/mol. The second-order valence-corrected chi connectivity index (χ2v) is 4.54. The van der Waals surface area contributed by atoms with Gasteiger partial charge < -0.3 is 25.2 Å². The third-order valence-electron chi connectivity index (χ3n) is 2.92. The van der Waals surface area contributed by atoms with Gasteiger partial charge in [0.1, 0.15) is 19.4 Å². The van der Waals surface area contributed by atoms with Crippen LogP contribution in [-0.4, -0.2) is 72.4 Å². The quantitative estimate of drug-likeness (QED) is 0.456. The lowest BCUT2D eigenvalue weighted by molar-refractivity contribution is -0.148. The third-order valence-corrected chi connectivity index (χ3v) is 2.92. The van der Waals surface area contributed by atoms with Gasteiger partial charge in [-0.05, 0) is 0 Å². The smallest absolute Gasteiger partial charge is 0.302 e. The summed E-state index contributed by atoms with van der Waals surface area (Å²) in [6.07, 6.45) is 0.212. The second kappa shape index (κ2) is 6.50. The maximum absolute atomic E-state index is 11.7. The number of fused-ring (bicyclic) bond motifs is 1. The normalized spacial score (nSPS) is 25.1. The van der Waals surface area contributed by atoms with E-state index in [1.165, 1.54) is 13.3 Å². The lowest BCUT2D eigenvalue weighted by atomic mass is 10.2. The Labute approximate surface area is 120 Å². The van der Waals surface area contributed by atoms with Crippen molar-refractivity contribution in [2.75, 3.05) is 19.9 Å². The molecule has 0 bridgehead atoms. The Kier molecular flexibility index (Phi) is 4.70. The van der Waals surface area contributed by atoms with E-state index in [1.807, 2.05) is 0 Å². The van der Waals surface area contributed by atoms with E-state index in [1.54, 1.807) is 4.90 Å². The fourth-order valence-electron chi connectivity index (χ4n) is 1.87. The van der Waals surface area contributed by atoms with E-state index >= 15 is 0 Å². The lowest BCUT2D eigenvalue weighted by Crippen LogP contribution is -2.54. The van der Waals surface area contributed by atoms with E-state index in [2.05, 4.69) is 15.3 Å². The molecule has 2 aliphatic rings. The Morgan fingerprint density at radius 1 is 1.67 bits per heavy atom. The van der Waals surface area contributed by atoms with Gasteiger partial charge in [0, 0.05) is 6.92 Å². The lowest BCUT2D eigenvalue weighted by Gasteiger charge is -2.28. The average Bonchev–Trinajstić information content (AvgIpc) is 2.82. The molecule has 21 heavy (non-hydrogen) atoms. The van der Waals surface area contributed by atoms with Crippen LogP contribution in [0.3, 0.4) is 0 Å². The monoisotopic (exact) mass is 299 g/mol. The predicted octanol–water partition coefficient (Wildman–Crippen LogP) is -2.63. The highest BCUT2D eigenvalue weighted by atomic mass is 16.6. The van der Waals surface area contributed by atoms with Crippen LogP contribution in [0, 0.1) is 0 Å². The summed E-state index contributed by atoms with van der Waals surface area (Å²) < 4.78 is 10.2. The summed E-state index contributed by atoms with van der Waals surface area (Å²) >= 11 is 0. The molecule has 1 amide bonds. The first-order chi connectivity index (χ1) is 10.0. The first-order valence-corrected chi connectivity index (χ1v) is 6.30. The molecule has 116 valence electrons. The van der Waals surface area contributed by atoms with Gasteiger partial charge in [0.25, 0.3) is 5.91 Å². The number of aliphatic imine (C=N–C) groups is 2. The summed E-state index contributed by atoms with van der Waals surface area (Å²) in [5, 5.41) is 11.5. The SMILES string of the molecule is CC(=O)OCC(CO)OCN1C=NC2C(=O)NC(N)=NC21. The number of hydrogen-bond donors (Lipinski definition) is 3. The zero-order valence-electron chi connectivity index (χ0n) is 11.4. The summed E-state index contributed by atoms with van der Waals surface area (Å²) in [6.45, 7) is 0.931. The zero-order valence-corrected chi connectivity index (χ0v) is 11.4. The summed E-state index contributed by atoms with van der Waals surface area (Å²) in [5.74, 6) is -0.763. The van der Waals surface area contributed by atoms with Crippen LogP contribution in [0.25, 0.3) is 0 Å². The third kappa shape index (κ3) is 3.67. The van der Waals surface area contributed by atoms with Crippen molar-refractivity contribution in [3.63, 3.8) is 0 Å². The number of aliphatic hydroxyl groups is 1. The van der Waals surface area contributed by atoms with E-state index in [4.69, 9.17) is 20.3 Å². The maximum atomic E-state index is 11.7. The zero-order chi connectivity index (χ0) is 15.4. The highest BCUT2D eigenvalue weighted by molar-refractivity contribution is 6.02. The Balaban J connectivity index is 1.88. The second-order valence-electron chi connectivity index (χ2n) is 4.54. The van der Waals surface area contributed by atoms with Crippen molar-refractivity contribution in [2.45, 2.75) is 25.2 Å². The van der Waals surface area contributed by atoms with E-state index in [0.717, 1.165) is 0 Å². The standard InChI is InChI=1S/C11H17N5O5/c1-6(18)20-3-7(2-17)21-5-16-4-13-8-9(16)14-11(12)15-10(8)19/h4,7-9,17H,2-3,5H2,1H3,(H3,12,14,15,19). The molecule has 2 aliphatic heterocycles. The van der Waals surface area contributed by atoms with E-state index in [-0.39, 0.29) is 31.8 Å². The van der Waals surface area contributed by atoms with Gasteiger partial charge in [-0.3, -0.25) is 19.9 Å². The molecule has 2 heterocycles. The highest BCUT2D eigenvalue weighted by Gasteiger charge is 2.39. The van der Waals surface area contributed by atoms with Crippen LogP contribution in [0.2, 0.25) is 0 Å². The number of nitrogens with one attached hydrogen (secondary N) is 1. The molecule has 3 atom stereocenters. The molecule has 0 aromatic carbocycles. The van der Waals surface area contributed by atoms with Crippen molar-refractivity contribution in [1.82, 2.24) is 10.2 Å². The number of carbonyl (C=O) groups excluding carboxylic acids is 2. The van der Waals surface area contributed by atoms with E-state index in [0.29, 0.717) is 0 Å². The number of aliphatic hydroxyl groups excluding tert-OH is 1. The number of guanidine groups is 1. The Hall–Kier alpha value is -2.20. The van der Waals surface area contributed by atoms with Crippen molar-refractivity contribution >= 4 is 24.2 Å². The van der Waals surface area contributed by atoms with Gasteiger partial charge in [-0.1, -0.05) is 0 Å². The number of hydrogen-bond acceptors (Lipinski definition) is 9. The Morgan fingerprint density at radius 2 is 2.43 bits per heavy atom. The molecule has 0 fully saturated rings. The van der Waals surface area contributed by atoms with Gasteiger partial charge >= 0.3 is 5.97 Å². The van der Waals surface area contributed by atoms with Gasteiger partial charge in [-0.15, -0.1) is 0 Å². The van der Waals surface area contributed by atoms with Gasteiger partial charge in [-0.2, -0.15) is 0 Å². The van der Waals surface area contributed by atoms with Crippen LogP contribution >= 0.6 is 0 Å². The highest BCUT2D eigenvalue weighted by Crippen LogP contribution is 2.18. The van der Waals surface area contributed by atoms with E-state index in [9.17, 15) is 9.59 Å². The maximum Gasteiger partial charge on any atom is 0.302 e. The minimum Gasteiger partial charge on any atom is -0.463 e. The molecule has 0 radical (unpaired) electrons. The minimum atomic E-state index is -0.667. The van der Waals surface area contributed by atoms with E-state index < -0.39 is 24.3 Å². The number of carbonyl (C=O) groups is 2. The Bertz CT molecular complexity index is 480. The number of nitrogens with zero attached hydrogens (tertiary/aromatic N) is 3. The summed E-state index contributed by atoms with van der Waals surface area (Å²) in [6, 6.07) is -0.665. The molecule has 10 nitrogen and oxygen atoms in total. The Morgan fingerprint density at radius 3 is 3.10 bits per heavy atom. The number of esters is 1. The van der Waals surface area contributed by atoms with Crippen molar-refractivity contribution in [3.05, 3.63) is 0 Å². The van der Waals surface area contributed by atoms with Crippen molar-refractivity contribution < 1.29 is 24.2 Å². The van der Waals surface area contributed by atoms with Crippen LogP contribution in [0.4, 0.5) is 0 Å². The molecule has 10 heteroatoms. The van der Waals surface area contributed by atoms with Crippen LogP contribution in [-0.2, 0) is 19.1 Å². The first-order valence-electron chi connectivity index (χ1n) is 6.30. The number of amides is 1. The number of rotatable bonds is 6. The molecule has 0 saturated carbocycles. The molecule has 0 aliphatic carbocycles. The van der Waals surface area contributed by atoms with Crippen LogP contribution in [0.5, 0.6) is 0 Å². The minimum absolute atomic E-state index is 0.0235. The van der Waals surface area contributed by atoms with Gasteiger partial charge in [0.15, 0.2) is 18.2 Å². The van der Waals surface area contributed by atoms with Crippen LogP contribution in [0.15, 0.2) is 9.98 Å². The molecule has 3 unspecified atom stereocenters. The molecule has 4 N–H and O–H groups in total. The molecule has 0 aromatic rings. The number of ether oxygens (including phenoxy) is 2. The fourth-order valence-corrected chi connectivity index (χ4v) is 1.87. The van der Waals surface area contributed by atoms with Crippen LogP contribution < -0.4 is 11.1 Å². The van der Waals surface area contributed by atoms with Crippen molar-refractivity contribution in [3.8, 4) is 0 Å². The van der Waals surface area contributed by atoms with Crippen molar-refractivity contribution in [1.29, 1.82) is 0 Å². The summed E-state index contributed by atoms with van der Waals surface area (Å²) in [4.78, 5) is 32.1. The molecule has 0 aromatic heterocycles. The van der Waals surface area contributed by atoms with Gasteiger partial charge in [0.05, 0.1) is 12.9 Å². The van der Waals surface area contributed by atoms with Gasteiger partial charge in [0.2, 0.25) is 0 Å². The largest absolute Gasteiger partial charge is 0.463 e. The topological polar surface area (TPSA) is 139 Å². The van der Waals surface area contributed by atoms with Crippen molar-refractivity contribution in [2.24, 2.45) is 15.7 Å². The summed E-state index contributed by atoms with van der Waals surface area (Å²) in [5.41, 5.74) is 5.50. The fraction of sp³-hybridized carbons (Fsp3) is 0.636. The molecular weight excluding hydrogens is 282 g/mol. The molecular formula is C11H17N5O5. The molecule has 0 saturated heterocycles. The molecule has 2 rings (SSSR count). The van der Waals surface area contributed by atoms with Gasteiger partial charge in [-0.25, -0.2) is 4.99 Å². The summed E-state index contributed by atoms with van der Waals surface area (Å²) in [7, 11) is 0.